The van der Waals surface area contributed by atoms with Gasteiger partial charge in [-0.25, -0.2) is 8.42 Å². The van der Waals surface area contributed by atoms with E-state index in [9.17, 15) is 13.2 Å². The summed E-state index contributed by atoms with van der Waals surface area (Å²) in [6.45, 7) is 4.10. The molecule has 0 aliphatic carbocycles. The molecule has 1 amide bonds. The number of nitrogens with one attached hydrogen (secondary N) is 1. The van der Waals surface area contributed by atoms with Gasteiger partial charge in [-0.05, 0) is 31.0 Å². The first kappa shape index (κ1) is 16.7. The van der Waals surface area contributed by atoms with Crippen molar-refractivity contribution in [1.82, 2.24) is 0 Å². The summed E-state index contributed by atoms with van der Waals surface area (Å²) in [5.74, 6) is -0.171. The summed E-state index contributed by atoms with van der Waals surface area (Å²) >= 11 is 0. The van der Waals surface area contributed by atoms with Gasteiger partial charge < -0.3 is 11.1 Å². The van der Waals surface area contributed by atoms with Gasteiger partial charge in [-0.1, -0.05) is 19.9 Å². The second-order valence-corrected chi connectivity index (χ2v) is 6.96. The van der Waals surface area contributed by atoms with Crippen molar-refractivity contribution in [3.8, 4) is 0 Å². The van der Waals surface area contributed by atoms with Crippen LogP contribution < -0.4 is 11.1 Å². The molecule has 0 unspecified atom stereocenters. The molecule has 0 aliphatic heterocycles. The summed E-state index contributed by atoms with van der Waals surface area (Å²) in [4.78, 5) is 12.5. The summed E-state index contributed by atoms with van der Waals surface area (Å²) in [6.07, 6.45) is 2.41. The second kappa shape index (κ2) is 6.37. The number of rotatable bonds is 6. The van der Waals surface area contributed by atoms with Crippen LogP contribution in [0.3, 0.4) is 0 Å². The monoisotopic (exact) mass is 298 g/mol. The molecule has 5 nitrogen and oxygen atoms in total. The van der Waals surface area contributed by atoms with Crippen molar-refractivity contribution >= 4 is 21.4 Å². The molecule has 1 aromatic carbocycles. The van der Waals surface area contributed by atoms with Gasteiger partial charge in [0.25, 0.3) is 0 Å². The van der Waals surface area contributed by atoms with Gasteiger partial charge in [0.1, 0.15) is 0 Å². The Labute approximate surface area is 120 Å². The predicted octanol–water partition coefficient (Wildman–Crippen LogP) is 1.79. The first-order chi connectivity index (χ1) is 9.29. The first-order valence-electron chi connectivity index (χ1n) is 6.60. The number of sulfone groups is 1. The molecule has 3 N–H and O–H groups in total. The van der Waals surface area contributed by atoms with E-state index in [4.69, 9.17) is 5.73 Å². The first-order valence-corrected chi connectivity index (χ1v) is 8.50. The maximum Gasteiger partial charge on any atom is 0.231 e. The molecule has 1 rings (SSSR count). The van der Waals surface area contributed by atoms with E-state index in [-0.39, 0.29) is 17.3 Å². The number of benzene rings is 1. The van der Waals surface area contributed by atoms with Gasteiger partial charge in [-0.15, -0.1) is 0 Å². The molecule has 0 bridgehead atoms. The van der Waals surface area contributed by atoms with Crippen molar-refractivity contribution in [3.05, 3.63) is 24.3 Å². The summed E-state index contributed by atoms with van der Waals surface area (Å²) in [5.41, 5.74) is 5.59. The third-order valence-corrected chi connectivity index (χ3v) is 4.86. The van der Waals surface area contributed by atoms with Crippen molar-refractivity contribution in [2.45, 2.75) is 31.6 Å². The Kier molecular flexibility index (Phi) is 5.30. The van der Waals surface area contributed by atoms with E-state index in [1.807, 2.05) is 13.8 Å². The van der Waals surface area contributed by atoms with E-state index in [1.54, 1.807) is 12.1 Å². The minimum atomic E-state index is -3.29. The number of carbonyl (C=O) groups excluding carboxylic acids is 1. The zero-order chi connectivity index (χ0) is 15.4. The highest BCUT2D eigenvalue weighted by Crippen LogP contribution is 2.27. The quantitative estimate of drug-likeness (QED) is 0.838. The molecule has 112 valence electrons. The minimum Gasteiger partial charge on any atom is -0.329 e. The average Bonchev–Trinajstić information content (AvgIpc) is 2.41. The molecule has 0 fully saturated rings. The summed E-state index contributed by atoms with van der Waals surface area (Å²) < 4.78 is 23.0. The van der Waals surface area contributed by atoms with Gasteiger partial charge in [0.05, 0.1) is 10.3 Å². The van der Waals surface area contributed by atoms with Crippen LogP contribution in [-0.2, 0) is 14.6 Å². The topological polar surface area (TPSA) is 89.3 Å². The maximum absolute atomic E-state index is 12.3. The number of nitrogens with two attached hydrogens (primary N) is 1. The van der Waals surface area contributed by atoms with Gasteiger partial charge in [0.2, 0.25) is 5.91 Å². The summed E-state index contributed by atoms with van der Waals surface area (Å²) in [5, 5.41) is 2.76. The molecule has 0 heterocycles. The number of carbonyl (C=O) groups is 1. The van der Waals surface area contributed by atoms with Crippen LogP contribution in [0.25, 0.3) is 0 Å². The third kappa shape index (κ3) is 3.58. The molecule has 0 aromatic heterocycles. The van der Waals surface area contributed by atoms with E-state index in [2.05, 4.69) is 5.32 Å². The second-order valence-electron chi connectivity index (χ2n) is 4.95. The van der Waals surface area contributed by atoms with Crippen molar-refractivity contribution in [1.29, 1.82) is 0 Å². The fourth-order valence-corrected chi connectivity index (χ4v) is 2.69. The number of hydrogen-bond donors (Lipinski definition) is 2. The highest BCUT2D eigenvalue weighted by Gasteiger charge is 2.33. The van der Waals surface area contributed by atoms with E-state index in [0.29, 0.717) is 18.5 Å². The highest BCUT2D eigenvalue weighted by atomic mass is 32.2. The van der Waals surface area contributed by atoms with E-state index in [1.165, 1.54) is 12.1 Å². The van der Waals surface area contributed by atoms with Gasteiger partial charge in [0, 0.05) is 18.5 Å². The largest absolute Gasteiger partial charge is 0.329 e. The molecule has 0 atom stereocenters. The molecule has 0 aliphatic rings. The molecular formula is C14H22N2O3S. The van der Waals surface area contributed by atoms with Crippen LogP contribution >= 0.6 is 0 Å². The molecule has 0 saturated heterocycles. The van der Waals surface area contributed by atoms with Crippen molar-refractivity contribution in [2.75, 3.05) is 18.1 Å². The highest BCUT2D eigenvalue weighted by molar-refractivity contribution is 7.90. The van der Waals surface area contributed by atoms with Crippen LogP contribution in [0.1, 0.15) is 26.7 Å². The molecule has 1 aromatic rings. The van der Waals surface area contributed by atoms with Gasteiger partial charge >= 0.3 is 0 Å². The van der Waals surface area contributed by atoms with Crippen LogP contribution in [0.4, 0.5) is 5.69 Å². The predicted molar refractivity (Wildman–Crippen MR) is 80.3 cm³/mol. The minimum absolute atomic E-state index is 0.171. The number of amides is 1. The summed E-state index contributed by atoms with van der Waals surface area (Å²) in [7, 11) is -3.29. The maximum atomic E-state index is 12.3. The lowest BCUT2D eigenvalue weighted by Gasteiger charge is -2.28. The van der Waals surface area contributed by atoms with Gasteiger partial charge in [-0.3, -0.25) is 4.79 Å². The van der Waals surface area contributed by atoms with Crippen molar-refractivity contribution in [2.24, 2.45) is 11.1 Å². The fourth-order valence-electron chi connectivity index (χ4n) is 2.02. The Morgan fingerprint density at radius 2 is 1.90 bits per heavy atom. The van der Waals surface area contributed by atoms with Gasteiger partial charge in [-0.2, -0.15) is 0 Å². The lowest BCUT2D eigenvalue weighted by molar-refractivity contribution is -0.125. The third-order valence-electron chi connectivity index (χ3n) is 3.75. The van der Waals surface area contributed by atoms with Crippen LogP contribution in [0.5, 0.6) is 0 Å². The lowest BCUT2D eigenvalue weighted by atomic mass is 9.81. The van der Waals surface area contributed by atoms with Crippen molar-refractivity contribution < 1.29 is 13.2 Å². The van der Waals surface area contributed by atoms with Crippen LogP contribution in [0.2, 0.25) is 0 Å². The average molecular weight is 298 g/mol. The van der Waals surface area contributed by atoms with Crippen LogP contribution in [0.15, 0.2) is 29.2 Å². The molecular weight excluding hydrogens is 276 g/mol. The SMILES string of the molecule is CCC(CC)(CN)C(=O)Nc1cccc(S(C)(=O)=O)c1. The molecule has 20 heavy (non-hydrogen) atoms. The zero-order valence-electron chi connectivity index (χ0n) is 12.1. The lowest BCUT2D eigenvalue weighted by Crippen LogP contribution is -2.41. The molecule has 0 saturated carbocycles. The summed E-state index contributed by atoms with van der Waals surface area (Å²) in [6, 6.07) is 6.23. The Balaban J connectivity index is 3.02. The molecule has 0 radical (unpaired) electrons. The Morgan fingerprint density at radius 3 is 2.35 bits per heavy atom. The number of anilines is 1. The van der Waals surface area contributed by atoms with Crippen LogP contribution in [0, 0.1) is 5.41 Å². The van der Waals surface area contributed by atoms with Crippen molar-refractivity contribution in [3.63, 3.8) is 0 Å². The van der Waals surface area contributed by atoms with Crippen LogP contribution in [-0.4, -0.2) is 27.1 Å². The number of hydrogen-bond acceptors (Lipinski definition) is 4. The Hall–Kier alpha value is -1.40. The normalized spacial score (nSPS) is 12.2. The Bertz CT molecular complexity index is 570. The zero-order valence-corrected chi connectivity index (χ0v) is 13.0. The fraction of sp³-hybridized carbons (Fsp3) is 0.500. The van der Waals surface area contributed by atoms with E-state index >= 15 is 0 Å². The van der Waals surface area contributed by atoms with Gasteiger partial charge in [0.15, 0.2) is 9.84 Å². The Morgan fingerprint density at radius 1 is 1.30 bits per heavy atom. The smallest absolute Gasteiger partial charge is 0.231 e. The standard InChI is InChI=1S/C14H22N2O3S/c1-4-14(5-2,10-15)13(17)16-11-7-6-8-12(9-11)20(3,18)19/h6-9H,4-5,10,15H2,1-3H3,(H,16,17). The molecule has 0 spiro atoms. The molecule has 6 heteroatoms. The van der Waals surface area contributed by atoms with E-state index < -0.39 is 15.3 Å². The van der Waals surface area contributed by atoms with E-state index in [0.717, 1.165) is 6.26 Å².